The zero-order chi connectivity index (χ0) is 13.9. The summed E-state index contributed by atoms with van der Waals surface area (Å²) in [5, 5.41) is 8.71. The van der Waals surface area contributed by atoms with E-state index in [4.69, 9.17) is 0 Å². The highest BCUT2D eigenvalue weighted by Crippen LogP contribution is 2.36. The molecule has 4 atom stereocenters. The number of sulfone groups is 1. The summed E-state index contributed by atoms with van der Waals surface area (Å²) in [6.45, 7) is 2.15. The molecule has 0 aromatic rings. The second-order valence-electron chi connectivity index (χ2n) is 6.39. The molecular weight excluding hydrogens is 258 g/mol. The molecule has 2 fully saturated rings. The largest absolute Gasteiger partial charge is 0.228 e. The average molecular weight is 283 g/mol. The smallest absolute Gasteiger partial charge is 0.157 e. The van der Waals surface area contributed by atoms with Crippen LogP contribution in [-0.2, 0) is 9.84 Å². The Morgan fingerprint density at radius 2 is 1.74 bits per heavy atom. The Labute approximate surface area is 117 Å². The maximum Gasteiger partial charge on any atom is 0.157 e. The fourth-order valence-electron chi connectivity index (χ4n) is 3.74. The Morgan fingerprint density at radius 1 is 1.00 bits per heavy atom. The third-order valence-corrected chi connectivity index (χ3v) is 7.66. The highest BCUT2D eigenvalue weighted by Gasteiger charge is 2.40. The number of hydrogen-bond acceptors (Lipinski definition) is 3. The first-order chi connectivity index (χ1) is 9.05. The van der Waals surface area contributed by atoms with Crippen molar-refractivity contribution in [3.63, 3.8) is 0 Å². The number of rotatable bonds is 2. The molecule has 3 nitrogen and oxygen atoms in total. The van der Waals surface area contributed by atoms with Crippen LogP contribution in [0.5, 0.6) is 0 Å². The van der Waals surface area contributed by atoms with Gasteiger partial charge in [-0.3, -0.25) is 0 Å². The van der Waals surface area contributed by atoms with Crippen molar-refractivity contribution in [2.45, 2.75) is 75.2 Å². The third kappa shape index (κ3) is 3.31. The lowest BCUT2D eigenvalue weighted by molar-refractivity contribution is 0.377. The van der Waals surface area contributed by atoms with Crippen molar-refractivity contribution in [3.05, 3.63) is 0 Å². The summed E-state index contributed by atoms with van der Waals surface area (Å²) in [7, 11) is -3.13. The van der Waals surface area contributed by atoms with Gasteiger partial charge < -0.3 is 0 Å². The first-order valence-electron chi connectivity index (χ1n) is 7.68. The van der Waals surface area contributed by atoms with Crippen LogP contribution < -0.4 is 0 Å². The van der Waals surface area contributed by atoms with E-state index in [0.29, 0.717) is 12.3 Å². The highest BCUT2D eigenvalue weighted by molar-refractivity contribution is 7.92. The Morgan fingerprint density at radius 3 is 2.42 bits per heavy atom. The summed E-state index contributed by atoms with van der Waals surface area (Å²) in [6.07, 6.45) is 8.29. The monoisotopic (exact) mass is 283 g/mol. The molecule has 2 rings (SSSR count). The van der Waals surface area contributed by atoms with Crippen LogP contribution in [0.3, 0.4) is 0 Å². The van der Waals surface area contributed by atoms with Gasteiger partial charge in [0.2, 0.25) is 0 Å². The van der Waals surface area contributed by atoms with Crippen molar-refractivity contribution in [1.29, 1.82) is 5.26 Å². The van der Waals surface area contributed by atoms with Gasteiger partial charge in [-0.15, -0.1) is 0 Å². The van der Waals surface area contributed by atoms with E-state index >= 15 is 0 Å². The summed E-state index contributed by atoms with van der Waals surface area (Å²) >= 11 is 0. The number of nitrogens with zero attached hydrogens (tertiary/aromatic N) is 1. The van der Waals surface area contributed by atoms with Crippen molar-refractivity contribution in [3.8, 4) is 6.07 Å². The Hall–Kier alpha value is -0.560. The van der Waals surface area contributed by atoms with E-state index in [2.05, 4.69) is 13.0 Å². The van der Waals surface area contributed by atoms with Crippen LogP contribution in [-0.4, -0.2) is 18.9 Å². The molecule has 0 spiro atoms. The van der Waals surface area contributed by atoms with E-state index in [0.717, 1.165) is 51.4 Å². The van der Waals surface area contributed by atoms with Crippen molar-refractivity contribution in [2.75, 3.05) is 0 Å². The fourth-order valence-corrected chi connectivity index (χ4v) is 6.48. The van der Waals surface area contributed by atoms with Crippen LogP contribution in [0.4, 0.5) is 0 Å². The first-order valence-corrected chi connectivity index (χ1v) is 9.29. The minimum atomic E-state index is -3.13. The van der Waals surface area contributed by atoms with E-state index in [-0.39, 0.29) is 11.2 Å². The van der Waals surface area contributed by atoms with Crippen LogP contribution in [0.1, 0.15) is 64.7 Å². The molecule has 0 aromatic heterocycles. The molecule has 19 heavy (non-hydrogen) atoms. The van der Waals surface area contributed by atoms with Gasteiger partial charge in [0.15, 0.2) is 9.84 Å². The highest BCUT2D eigenvalue weighted by atomic mass is 32.2. The molecule has 0 bridgehead atoms. The van der Waals surface area contributed by atoms with Crippen molar-refractivity contribution >= 4 is 9.84 Å². The van der Waals surface area contributed by atoms with Crippen LogP contribution in [0, 0.1) is 23.2 Å². The van der Waals surface area contributed by atoms with E-state index in [1.807, 2.05) is 0 Å². The molecule has 2 aliphatic carbocycles. The van der Waals surface area contributed by atoms with Crippen molar-refractivity contribution in [1.82, 2.24) is 0 Å². The van der Waals surface area contributed by atoms with Crippen molar-refractivity contribution < 1.29 is 8.42 Å². The van der Waals surface area contributed by atoms with Gasteiger partial charge in [-0.2, -0.15) is 5.26 Å². The Kier molecular flexibility index (Phi) is 4.89. The van der Waals surface area contributed by atoms with E-state index in [1.165, 1.54) is 0 Å². The zero-order valence-corrected chi connectivity index (χ0v) is 12.7. The van der Waals surface area contributed by atoms with E-state index in [1.54, 1.807) is 0 Å². The Bertz CT molecular complexity index is 438. The third-order valence-electron chi connectivity index (χ3n) is 4.89. The van der Waals surface area contributed by atoms with E-state index < -0.39 is 15.1 Å². The van der Waals surface area contributed by atoms with Gasteiger partial charge in [0.1, 0.15) is 0 Å². The molecular formula is C15H25NO2S. The van der Waals surface area contributed by atoms with Gasteiger partial charge in [0.25, 0.3) is 0 Å². The second-order valence-corrected chi connectivity index (χ2v) is 8.85. The standard InChI is InChI=1S/C15H25NO2S/c1-12-6-5-8-14(10-12)19(17,18)15-9-4-2-3-7-13(15)11-16/h12-15H,2-10H2,1H3. The van der Waals surface area contributed by atoms with Crippen LogP contribution >= 0.6 is 0 Å². The molecule has 0 radical (unpaired) electrons. The van der Waals surface area contributed by atoms with Gasteiger partial charge >= 0.3 is 0 Å². The lowest BCUT2D eigenvalue weighted by atomic mass is 9.90. The summed E-state index contributed by atoms with van der Waals surface area (Å²) < 4.78 is 25.7. The maximum atomic E-state index is 12.9. The molecule has 0 amide bonds. The molecule has 0 heterocycles. The summed E-state index contributed by atoms with van der Waals surface area (Å²) in [6, 6.07) is 2.27. The SMILES string of the molecule is CC1CCCC(S(=O)(=O)C2CCCCCC2C#N)C1. The van der Waals surface area contributed by atoms with Crippen LogP contribution in [0.25, 0.3) is 0 Å². The molecule has 4 unspecified atom stereocenters. The maximum absolute atomic E-state index is 12.9. The second kappa shape index (κ2) is 6.26. The molecule has 2 saturated carbocycles. The van der Waals surface area contributed by atoms with Crippen LogP contribution in [0.2, 0.25) is 0 Å². The lowest BCUT2D eigenvalue weighted by Gasteiger charge is -2.31. The number of hydrogen-bond donors (Lipinski definition) is 0. The van der Waals surface area contributed by atoms with Gasteiger partial charge in [-0.25, -0.2) is 8.42 Å². The normalized spacial score (nSPS) is 37.3. The van der Waals surface area contributed by atoms with Crippen molar-refractivity contribution in [2.24, 2.45) is 11.8 Å². The molecule has 0 N–H and O–H groups in total. The lowest BCUT2D eigenvalue weighted by Crippen LogP contribution is -2.38. The summed E-state index contributed by atoms with van der Waals surface area (Å²) in [5.74, 6) is 0.240. The van der Waals surface area contributed by atoms with Gasteiger partial charge in [0.05, 0.1) is 22.5 Å². The van der Waals surface area contributed by atoms with Gasteiger partial charge in [0, 0.05) is 0 Å². The fraction of sp³-hybridized carbons (Fsp3) is 0.933. The molecule has 108 valence electrons. The average Bonchev–Trinajstić information content (AvgIpc) is 2.64. The molecule has 0 saturated heterocycles. The minimum Gasteiger partial charge on any atom is -0.228 e. The zero-order valence-electron chi connectivity index (χ0n) is 11.8. The minimum absolute atomic E-state index is 0.185. The van der Waals surface area contributed by atoms with Gasteiger partial charge in [-0.05, 0) is 31.6 Å². The summed E-state index contributed by atoms with van der Waals surface area (Å²) in [4.78, 5) is 0. The molecule has 0 aliphatic heterocycles. The predicted octanol–water partition coefficient (Wildman–Crippen LogP) is 3.45. The first kappa shape index (κ1) is 14.8. The van der Waals surface area contributed by atoms with Crippen LogP contribution in [0.15, 0.2) is 0 Å². The molecule has 4 heteroatoms. The quantitative estimate of drug-likeness (QED) is 0.729. The topological polar surface area (TPSA) is 57.9 Å². The molecule has 0 aromatic carbocycles. The Balaban J connectivity index is 2.18. The predicted molar refractivity (Wildman–Crippen MR) is 76.3 cm³/mol. The number of nitriles is 1. The van der Waals surface area contributed by atoms with Gasteiger partial charge in [-0.1, -0.05) is 39.0 Å². The molecule has 2 aliphatic rings. The summed E-state index contributed by atoms with van der Waals surface area (Å²) in [5.41, 5.74) is 0. The van der Waals surface area contributed by atoms with E-state index in [9.17, 15) is 13.7 Å².